The van der Waals surface area contributed by atoms with Crippen molar-refractivity contribution in [1.82, 2.24) is 19.7 Å². The minimum Gasteiger partial charge on any atom is -0.497 e. The molecule has 0 N–H and O–H groups in total. The van der Waals surface area contributed by atoms with Gasteiger partial charge in [-0.3, -0.25) is 4.57 Å². The zero-order valence-electron chi connectivity index (χ0n) is 14.2. The van der Waals surface area contributed by atoms with Crippen LogP contribution in [-0.2, 0) is 11.2 Å². The summed E-state index contributed by atoms with van der Waals surface area (Å²) in [7, 11) is 1.66. The third kappa shape index (κ3) is 3.62. The Hall–Kier alpha value is -2.28. The monoisotopic (exact) mass is 344 g/mol. The van der Waals surface area contributed by atoms with E-state index in [-0.39, 0.29) is 5.41 Å². The second-order valence-corrected chi connectivity index (χ2v) is 7.27. The summed E-state index contributed by atoms with van der Waals surface area (Å²) >= 11 is 1.56. The van der Waals surface area contributed by atoms with Crippen molar-refractivity contribution in [1.29, 1.82) is 0 Å². The summed E-state index contributed by atoms with van der Waals surface area (Å²) < 4.78 is 12.5. The average molecular weight is 344 g/mol. The number of imidazole rings is 1. The van der Waals surface area contributed by atoms with Crippen LogP contribution >= 0.6 is 11.8 Å². The molecule has 0 spiro atoms. The van der Waals surface area contributed by atoms with Crippen molar-refractivity contribution in [2.45, 2.75) is 37.1 Å². The van der Waals surface area contributed by atoms with Crippen LogP contribution < -0.4 is 4.74 Å². The molecular formula is C17H20N4O2S. The van der Waals surface area contributed by atoms with E-state index in [1.807, 2.05) is 35.0 Å². The number of nitrogens with zero attached hydrogens (tertiary/aromatic N) is 4. The molecule has 3 aromatic rings. The Bertz CT molecular complexity index is 803. The average Bonchev–Trinajstić information content (AvgIpc) is 3.21. The van der Waals surface area contributed by atoms with Gasteiger partial charge in [0.2, 0.25) is 5.89 Å². The predicted molar refractivity (Wildman–Crippen MR) is 92.7 cm³/mol. The lowest BCUT2D eigenvalue weighted by Gasteiger charge is -2.10. The molecule has 0 aliphatic carbocycles. The van der Waals surface area contributed by atoms with E-state index in [9.17, 15) is 0 Å². The summed E-state index contributed by atoms with van der Waals surface area (Å²) in [6.45, 7) is 6.18. The molecule has 0 fully saturated rings. The molecule has 0 aliphatic heterocycles. The van der Waals surface area contributed by atoms with Crippen molar-refractivity contribution in [3.63, 3.8) is 0 Å². The Morgan fingerprint density at radius 2 is 1.96 bits per heavy atom. The largest absolute Gasteiger partial charge is 0.497 e. The van der Waals surface area contributed by atoms with E-state index in [2.05, 4.69) is 35.9 Å². The van der Waals surface area contributed by atoms with Crippen molar-refractivity contribution in [2.24, 2.45) is 0 Å². The van der Waals surface area contributed by atoms with Gasteiger partial charge in [0.15, 0.2) is 11.0 Å². The number of methoxy groups -OCH3 is 1. The summed E-state index contributed by atoms with van der Waals surface area (Å²) in [5.41, 5.74) is 0.908. The summed E-state index contributed by atoms with van der Waals surface area (Å²) in [6, 6.07) is 7.85. The van der Waals surface area contributed by atoms with E-state index in [4.69, 9.17) is 9.26 Å². The van der Waals surface area contributed by atoms with Crippen LogP contribution in [0.25, 0.3) is 5.69 Å². The first-order chi connectivity index (χ1) is 11.5. The fraction of sp³-hybridized carbons (Fsp3) is 0.353. The normalized spacial score (nSPS) is 11.7. The third-order valence-corrected chi connectivity index (χ3v) is 4.37. The number of benzene rings is 1. The molecule has 0 atom stereocenters. The van der Waals surface area contributed by atoms with E-state index >= 15 is 0 Å². The molecular weight excluding hydrogens is 324 g/mol. The van der Waals surface area contributed by atoms with Gasteiger partial charge in [-0.2, -0.15) is 4.98 Å². The molecule has 2 heterocycles. The van der Waals surface area contributed by atoms with E-state index in [1.165, 1.54) is 0 Å². The van der Waals surface area contributed by atoms with Crippen molar-refractivity contribution in [2.75, 3.05) is 7.11 Å². The molecule has 0 unspecified atom stereocenters. The molecule has 7 heteroatoms. The second-order valence-electron chi connectivity index (χ2n) is 6.33. The first-order valence-electron chi connectivity index (χ1n) is 7.61. The molecule has 1 aromatic carbocycles. The highest BCUT2D eigenvalue weighted by atomic mass is 32.2. The molecule has 0 amide bonds. The molecule has 0 aliphatic rings. The Morgan fingerprint density at radius 1 is 1.21 bits per heavy atom. The van der Waals surface area contributed by atoms with Gasteiger partial charge in [0.05, 0.1) is 12.9 Å². The zero-order chi connectivity index (χ0) is 17.2. The van der Waals surface area contributed by atoms with Crippen LogP contribution in [0.3, 0.4) is 0 Å². The first-order valence-corrected chi connectivity index (χ1v) is 8.59. The number of aromatic nitrogens is 4. The van der Waals surface area contributed by atoms with E-state index in [0.717, 1.165) is 22.4 Å². The van der Waals surface area contributed by atoms with Crippen LogP contribution in [0.2, 0.25) is 0 Å². The quantitative estimate of drug-likeness (QED) is 0.655. The second kappa shape index (κ2) is 6.68. The SMILES string of the molecule is COc1ccc(-n2ccnc2SCc2nc(C(C)(C)C)no2)cc1. The van der Waals surface area contributed by atoms with E-state index in [1.54, 1.807) is 25.1 Å². The van der Waals surface area contributed by atoms with Gasteiger partial charge in [-0.1, -0.05) is 37.7 Å². The summed E-state index contributed by atoms with van der Waals surface area (Å²) in [4.78, 5) is 8.86. The molecule has 6 nitrogen and oxygen atoms in total. The van der Waals surface area contributed by atoms with Gasteiger partial charge in [-0.25, -0.2) is 4.98 Å². The molecule has 3 rings (SSSR count). The maximum Gasteiger partial charge on any atom is 0.237 e. The maximum absolute atomic E-state index is 5.33. The Balaban J connectivity index is 1.72. The van der Waals surface area contributed by atoms with Crippen LogP contribution in [0.4, 0.5) is 0 Å². The smallest absolute Gasteiger partial charge is 0.237 e. The predicted octanol–water partition coefficient (Wildman–Crippen LogP) is 3.85. The number of hydrogen-bond donors (Lipinski definition) is 0. The summed E-state index contributed by atoms with van der Waals surface area (Å²) in [5, 5.41) is 4.92. The van der Waals surface area contributed by atoms with Crippen LogP contribution in [0.1, 0.15) is 32.5 Å². The van der Waals surface area contributed by atoms with Gasteiger partial charge in [0.1, 0.15) is 5.75 Å². The number of hydrogen-bond acceptors (Lipinski definition) is 6. The van der Waals surface area contributed by atoms with Gasteiger partial charge in [0, 0.05) is 23.5 Å². The molecule has 126 valence electrons. The lowest BCUT2D eigenvalue weighted by atomic mass is 9.96. The van der Waals surface area contributed by atoms with Gasteiger partial charge < -0.3 is 9.26 Å². The minimum absolute atomic E-state index is 0.117. The number of thioether (sulfide) groups is 1. The highest BCUT2D eigenvalue weighted by molar-refractivity contribution is 7.98. The first kappa shape index (κ1) is 16.6. The molecule has 2 aromatic heterocycles. The van der Waals surface area contributed by atoms with E-state index < -0.39 is 0 Å². The van der Waals surface area contributed by atoms with Crippen LogP contribution in [0, 0.1) is 0 Å². The third-order valence-electron chi connectivity index (χ3n) is 3.42. The molecule has 0 bridgehead atoms. The highest BCUT2D eigenvalue weighted by Gasteiger charge is 2.21. The van der Waals surface area contributed by atoms with Crippen molar-refractivity contribution >= 4 is 11.8 Å². The van der Waals surface area contributed by atoms with Crippen molar-refractivity contribution in [3.8, 4) is 11.4 Å². The summed E-state index contributed by atoms with van der Waals surface area (Å²) in [5.74, 6) is 2.73. The fourth-order valence-corrected chi connectivity index (χ4v) is 2.89. The summed E-state index contributed by atoms with van der Waals surface area (Å²) in [6.07, 6.45) is 3.71. The lowest BCUT2D eigenvalue weighted by Crippen LogP contribution is -2.13. The van der Waals surface area contributed by atoms with Crippen molar-refractivity contribution in [3.05, 3.63) is 48.4 Å². The standard InChI is InChI=1S/C17H20N4O2S/c1-17(2,3)15-19-14(23-20-15)11-24-16-18-9-10-21(16)12-5-7-13(22-4)8-6-12/h5-10H,11H2,1-4H3. The number of ether oxygens (including phenoxy) is 1. The van der Waals surface area contributed by atoms with Crippen LogP contribution in [0.5, 0.6) is 5.75 Å². The van der Waals surface area contributed by atoms with Gasteiger partial charge in [0.25, 0.3) is 0 Å². The number of rotatable bonds is 5. The molecule has 0 radical (unpaired) electrons. The molecule has 24 heavy (non-hydrogen) atoms. The highest BCUT2D eigenvalue weighted by Crippen LogP contribution is 2.26. The van der Waals surface area contributed by atoms with Crippen molar-refractivity contribution < 1.29 is 9.26 Å². The lowest BCUT2D eigenvalue weighted by molar-refractivity contribution is 0.372. The Labute approximate surface area is 145 Å². The van der Waals surface area contributed by atoms with E-state index in [0.29, 0.717) is 11.6 Å². The topological polar surface area (TPSA) is 66.0 Å². The molecule has 0 saturated heterocycles. The fourth-order valence-electron chi connectivity index (χ4n) is 2.08. The minimum atomic E-state index is -0.117. The van der Waals surface area contributed by atoms with Gasteiger partial charge in [-0.05, 0) is 24.3 Å². The Morgan fingerprint density at radius 3 is 2.58 bits per heavy atom. The zero-order valence-corrected chi connectivity index (χ0v) is 15.0. The van der Waals surface area contributed by atoms with Crippen LogP contribution in [-0.4, -0.2) is 26.8 Å². The Kier molecular flexibility index (Phi) is 4.62. The molecule has 0 saturated carbocycles. The maximum atomic E-state index is 5.33. The van der Waals surface area contributed by atoms with Gasteiger partial charge in [-0.15, -0.1) is 0 Å². The van der Waals surface area contributed by atoms with Gasteiger partial charge >= 0.3 is 0 Å². The van der Waals surface area contributed by atoms with Crippen LogP contribution in [0.15, 0.2) is 46.3 Å².